The van der Waals surface area contributed by atoms with Crippen molar-refractivity contribution in [1.82, 2.24) is 40.0 Å². The van der Waals surface area contributed by atoms with Crippen LogP contribution < -0.4 is 16.0 Å². The van der Waals surface area contributed by atoms with Crippen molar-refractivity contribution in [3.05, 3.63) is 62.0 Å². The molecule has 4 aliphatic heterocycles. The van der Waals surface area contributed by atoms with Crippen molar-refractivity contribution < 1.29 is 106 Å². The second kappa shape index (κ2) is 26.9. The molecule has 0 bridgehead atoms. The smallest absolute Gasteiger partial charge is 0.390 e. The van der Waals surface area contributed by atoms with Crippen molar-refractivity contribution in [1.29, 1.82) is 0 Å². The van der Waals surface area contributed by atoms with E-state index in [1.165, 1.54) is 40.5 Å². The summed E-state index contributed by atoms with van der Waals surface area (Å²) in [7, 11) is -13.9. The molecule has 12 atom stereocenters. The number of phosphoric ester groups is 3. The zero-order valence-corrected chi connectivity index (χ0v) is 44.2. The van der Waals surface area contributed by atoms with E-state index in [1.54, 1.807) is 24.9 Å². The number of anilines is 1. The maximum absolute atomic E-state index is 11.4. The number of nitrogens with zero attached hydrogens (tertiary/aromatic N) is 6. The molecular formula is C43H70N9O22P3. The van der Waals surface area contributed by atoms with Gasteiger partial charge in [-0.2, -0.15) is 0 Å². The van der Waals surface area contributed by atoms with E-state index in [0.717, 1.165) is 25.9 Å². The number of aliphatic hydroxyl groups excluding tert-OH is 4. The van der Waals surface area contributed by atoms with E-state index in [9.17, 15) is 43.7 Å². The van der Waals surface area contributed by atoms with Crippen molar-refractivity contribution in [2.45, 2.75) is 127 Å². The molecule has 6 aliphatic rings. The lowest BCUT2D eigenvalue weighted by Gasteiger charge is -2.34. The fourth-order valence-corrected chi connectivity index (χ4v) is 10.3. The van der Waals surface area contributed by atoms with Crippen molar-refractivity contribution >= 4 is 52.3 Å². The number of unbranched alkanes of at least 4 members (excludes halogenated alkanes) is 1. The van der Waals surface area contributed by atoms with Crippen LogP contribution in [0, 0.1) is 11.8 Å². The zero-order chi connectivity index (χ0) is 55.9. The molecule has 31 nitrogen and oxygen atoms in total. The number of phosphoric acid groups is 3. The van der Waals surface area contributed by atoms with Gasteiger partial charge in [-0.1, -0.05) is 33.9 Å². The Balaban J connectivity index is 0.000000216. The Bertz CT molecular complexity index is 2580. The van der Waals surface area contributed by atoms with Crippen molar-refractivity contribution in [2.24, 2.45) is 11.8 Å². The number of hydrogen-bond donors (Lipinski definition) is 13. The fraction of sp³-hybridized carbons (Fsp3) is 0.651. The number of ether oxygens (including phenoxy) is 4. The van der Waals surface area contributed by atoms with Gasteiger partial charge >= 0.3 is 23.5 Å². The third-order valence-corrected chi connectivity index (χ3v) is 14.1. The molecular weight excluding hydrogens is 1090 g/mol. The Morgan fingerprint density at radius 1 is 0.740 bits per heavy atom. The van der Waals surface area contributed by atoms with E-state index in [4.69, 9.17) is 48.3 Å². The highest BCUT2D eigenvalue weighted by Gasteiger charge is 2.56. The van der Waals surface area contributed by atoms with Gasteiger partial charge in [0.15, 0.2) is 29.0 Å². The molecule has 2 saturated carbocycles. The van der Waals surface area contributed by atoms with Crippen LogP contribution in [0.4, 0.5) is 5.82 Å². The molecule has 2 saturated heterocycles. The summed E-state index contributed by atoms with van der Waals surface area (Å²) in [5, 5.41) is 48.8. The Labute approximate surface area is 442 Å². The summed E-state index contributed by atoms with van der Waals surface area (Å²) in [5.41, 5.74) is 0.819. The van der Waals surface area contributed by atoms with E-state index >= 15 is 0 Å². The van der Waals surface area contributed by atoms with Crippen molar-refractivity contribution in [3.63, 3.8) is 0 Å². The van der Waals surface area contributed by atoms with Crippen molar-refractivity contribution in [3.8, 4) is 0 Å². The molecule has 4 fully saturated rings. The number of hydrogen-bond acceptors (Lipinski definition) is 22. The number of amides is 2. The van der Waals surface area contributed by atoms with Gasteiger partial charge < -0.3 is 94.5 Å². The lowest BCUT2D eigenvalue weighted by atomic mass is 10.1. The van der Waals surface area contributed by atoms with Gasteiger partial charge in [-0.15, -0.1) is 0 Å². The molecule has 0 spiro atoms. The lowest BCUT2D eigenvalue weighted by molar-refractivity contribution is -0.162. The van der Waals surface area contributed by atoms with Gasteiger partial charge in [0, 0.05) is 56.1 Å². The first-order valence-electron chi connectivity index (χ1n) is 23.8. The van der Waals surface area contributed by atoms with Gasteiger partial charge in [-0.3, -0.25) is 27.7 Å². The topological polar surface area (TPSA) is 438 Å². The van der Waals surface area contributed by atoms with E-state index in [2.05, 4.69) is 64.6 Å². The SMILES string of the molecule is C.C=C1NC(=O)C=CN1[C@@H]1CC(COP(=O)(O)O)[C@@H](O)C1O.C=C1NC(=O)C=CN1[C@@H]1CC(COP(=O)(O)O)[C@H]2OC(C)(C)OC21.CCCCOCCCNc1ncnc2c1ncn2[C@@H]1OC(COP(=O)(O)O)[C@@H](O)C1O. The van der Waals surface area contributed by atoms with Gasteiger partial charge in [-0.25, -0.2) is 28.6 Å². The molecule has 2 amide bonds. The minimum Gasteiger partial charge on any atom is -0.390 e. The Morgan fingerprint density at radius 2 is 1.29 bits per heavy atom. The second-order valence-corrected chi connectivity index (χ2v) is 22.4. The Morgan fingerprint density at radius 3 is 1.87 bits per heavy atom. The number of carbonyl (C=O) groups excluding carboxylic acids is 2. The second-order valence-electron chi connectivity index (χ2n) is 18.7. The first-order valence-corrected chi connectivity index (χ1v) is 28.4. The highest BCUT2D eigenvalue weighted by atomic mass is 31.2. The molecule has 434 valence electrons. The summed E-state index contributed by atoms with van der Waals surface area (Å²) in [6, 6.07) is -0.763. The van der Waals surface area contributed by atoms with Crippen LogP contribution >= 0.6 is 23.5 Å². The summed E-state index contributed by atoms with van der Waals surface area (Å²) >= 11 is 0. The quantitative estimate of drug-likeness (QED) is 0.0606. The van der Waals surface area contributed by atoms with Crippen LogP contribution in [-0.2, 0) is 55.8 Å². The van der Waals surface area contributed by atoms with Gasteiger partial charge in [0.05, 0.1) is 50.4 Å². The minimum absolute atomic E-state index is 0. The monoisotopic (exact) mass is 1160 g/mol. The normalized spacial score (nSPS) is 29.8. The maximum Gasteiger partial charge on any atom is 0.469 e. The van der Waals surface area contributed by atoms with Crippen LogP contribution in [0.3, 0.4) is 0 Å². The minimum atomic E-state index is -4.74. The van der Waals surface area contributed by atoms with E-state index in [0.29, 0.717) is 42.4 Å². The molecule has 2 aliphatic carbocycles. The fourth-order valence-electron chi connectivity index (χ4n) is 9.18. The van der Waals surface area contributed by atoms with Crippen LogP contribution in [0.5, 0.6) is 0 Å². The predicted molar refractivity (Wildman–Crippen MR) is 267 cm³/mol. The molecule has 34 heteroatoms. The van der Waals surface area contributed by atoms with Crippen molar-refractivity contribution in [2.75, 3.05) is 44.9 Å². The largest absolute Gasteiger partial charge is 0.469 e. The number of fused-ring (bicyclic) bond motifs is 2. The van der Waals surface area contributed by atoms with E-state index in [1.807, 2.05) is 0 Å². The third-order valence-electron chi connectivity index (χ3n) is 12.7. The summed E-state index contributed by atoms with van der Waals surface area (Å²) < 4.78 is 70.4. The van der Waals surface area contributed by atoms with Gasteiger partial charge in [0.25, 0.3) is 11.8 Å². The summed E-state index contributed by atoms with van der Waals surface area (Å²) in [6.07, 6.45) is 4.05. The Kier molecular flexibility index (Phi) is 22.2. The molecule has 0 radical (unpaired) electrons. The number of imidazole rings is 1. The maximum atomic E-state index is 11.4. The van der Waals surface area contributed by atoms with E-state index < -0.39 is 84.6 Å². The predicted octanol–water partition coefficient (Wildman–Crippen LogP) is -0.147. The number of carbonyl (C=O) groups is 2. The molecule has 13 N–H and O–H groups in total. The first-order chi connectivity index (χ1) is 35.6. The molecule has 2 aromatic rings. The van der Waals surface area contributed by atoms with Crippen LogP contribution in [0.1, 0.15) is 66.5 Å². The van der Waals surface area contributed by atoms with Crippen LogP contribution in [0.2, 0.25) is 0 Å². The molecule has 6 heterocycles. The standard InChI is InChI=1S/C17H28N5O8P.C14H21N2O7P.C11H17N2O7P.CH4/c1-2-3-6-28-7-4-5-18-15-12-16(20-9-19-15)22(10-21-12)17-14(24)13(23)11(30-17)8-29-31(25,26)27;1-8-15-11(17)4-5-16(8)10-6-9(7-21-24(18,19)20)12-13(10)23-14(2,3)22-12;1-6-12-9(14)2-3-13(6)8-4-7(10(15)11(8)16)5-20-21(17,18)19;/h9-11,13-14,17,23-24H,2-8H2,1H3,(H,18,19,20)(H2,25,26,27);4-5,9-10,12-13H,1,6-7H2,2-3H3,(H,15,17)(H2,18,19,20);2-3,7-8,10-11,15-16H,1,4-5H2,(H,12,14)(H2,17,18,19);1H4/t11?,13-,14?,17-;9?,10-,12-,13?;7?,8-,10-,11?;/m111./s1. The summed E-state index contributed by atoms with van der Waals surface area (Å²) in [4.78, 5) is 91.4. The average molecular weight is 1160 g/mol. The average Bonchev–Trinajstić information content (AvgIpc) is 4.12. The molecule has 6 unspecified atom stereocenters. The number of nitrogens with one attached hydrogen (secondary N) is 3. The number of rotatable bonds is 20. The van der Waals surface area contributed by atoms with Crippen LogP contribution in [0.15, 0.2) is 62.0 Å². The van der Waals surface area contributed by atoms with E-state index in [-0.39, 0.29) is 68.9 Å². The number of aliphatic hydroxyl groups is 4. The summed E-state index contributed by atoms with van der Waals surface area (Å²) in [5.74, 6) is -1.11. The molecule has 8 rings (SSSR count). The zero-order valence-electron chi connectivity index (χ0n) is 41.5. The lowest BCUT2D eigenvalue weighted by Crippen LogP contribution is -2.45. The molecule has 77 heavy (non-hydrogen) atoms. The summed E-state index contributed by atoms with van der Waals surface area (Å²) in [6.45, 7) is 14.1. The van der Waals surface area contributed by atoms with Gasteiger partial charge in [-0.05, 0) is 39.5 Å². The van der Waals surface area contributed by atoms with Gasteiger partial charge in [0.1, 0.15) is 48.5 Å². The Hall–Kier alpha value is -4.14. The van der Waals surface area contributed by atoms with Crippen LogP contribution in [-0.4, -0.2) is 191 Å². The first kappa shape index (κ1) is 63.7. The van der Waals surface area contributed by atoms with Crippen LogP contribution in [0.25, 0.3) is 11.2 Å². The third kappa shape index (κ3) is 17.4. The number of aromatic nitrogens is 4. The molecule has 2 aromatic heterocycles. The van der Waals surface area contributed by atoms with Gasteiger partial charge in [0.2, 0.25) is 0 Å². The highest BCUT2D eigenvalue weighted by Crippen LogP contribution is 2.47. The highest BCUT2D eigenvalue weighted by molar-refractivity contribution is 7.46. The molecule has 0 aromatic carbocycles.